The highest BCUT2D eigenvalue weighted by Gasteiger charge is 2.26. The van der Waals surface area contributed by atoms with Gasteiger partial charge in [-0.2, -0.15) is 0 Å². The Morgan fingerprint density at radius 3 is 1.58 bits per heavy atom. The molecule has 110 valence electrons. The summed E-state index contributed by atoms with van der Waals surface area (Å²) in [5, 5.41) is 6.57. The van der Waals surface area contributed by atoms with Crippen LogP contribution in [0.2, 0.25) is 0 Å². The average Bonchev–Trinajstić information content (AvgIpc) is 2.80. The second-order valence-electron chi connectivity index (χ2n) is 6.02. The van der Waals surface area contributed by atoms with E-state index in [1.165, 1.54) is 52.1 Å². The van der Waals surface area contributed by atoms with Crippen molar-refractivity contribution >= 4 is 0 Å². The van der Waals surface area contributed by atoms with Crippen molar-refractivity contribution in [2.45, 2.75) is 24.9 Å². The van der Waals surface area contributed by atoms with Gasteiger partial charge in [0.15, 0.2) is 0 Å². The minimum absolute atomic E-state index is 0.809. The van der Waals surface area contributed by atoms with E-state index in [1.54, 1.807) is 0 Å². The van der Waals surface area contributed by atoms with Crippen molar-refractivity contribution in [3.05, 3.63) is 0 Å². The molecule has 5 heteroatoms. The van der Waals surface area contributed by atoms with Gasteiger partial charge in [-0.3, -0.25) is 9.80 Å². The minimum atomic E-state index is 0.809. The van der Waals surface area contributed by atoms with Gasteiger partial charge in [-0.15, -0.1) is 0 Å². The molecule has 4 aliphatic rings. The molecule has 0 saturated carbocycles. The SMILES string of the molecule is C1CCN(C2CNC2)C1.C1CN(C2CNC2)CCO1. The Balaban J connectivity index is 0.000000117. The maximum absolute atomic E-state index is 5.26. The van der Waals surface area contributed by atoms with E-state index in [4.69, 9.17) is 4.74 Å². The lowest BCUT2D eigenvalue weighted by molar-refractivity contribution is 0.00509. The van der Waals surface area contributed by atoms with E-state index in [0.717, 1.165) is 38.4 Å². The molecule has 0 atom stereocenters. The fraction of sp³-hybridized carbons (Fsp3) is 1.00. The number of nitrogens with one attached hydrogen (secondary N) is 2. The third-order valence-electron chi connectivity index (χ3n) is 4.74. The maximum Gasteiger partial charge on any atom is 0.0594 e. The smallest absolute Gasteiger partial charge is 0.0594 e. The van der Waals surface area contributed by atoms with Crippen molar-refractivity contribution in [1.29, 1.82) is 0 Å². The van der Waals surface area contributed by atoms with Crippen molar-refractivity contribution in [2.75, 3.05) is 65.6 Å². The van der Waals surface area contributed by atoms with Crippen LogP contribution in [0.3, 0.4) is 0 Å². The predicted molar refractivity (Wildman–Crippen MR) is 76.5 cm³/mol. The lowest BCUT2D eigenvalue weighted by Gasteiger charge is -2.40. The zero-order valence-corrected chi connectivity index (χ0v) is 11.9. The number of morpholine rings is 1. The van der Waals surface area contributed by atoms with E-state index in [9.17, 15) is 0 Å². The summed E-state index contributed by atoms with van der Waals surface area (Å²) in [4.78, 5) is 5.12. The first-order chi connectivity index (χ1) is 9.43. The average molecular weight is 268 g/mol. The van der Waals surface area contributed by atoms with Gasteiger partial charge in [-0.25, -0.2) is 0 Å². The Bertz CT molecular complexity index is 256. The fourth-order valence-electron chi connectivity index (χ4n) is 3.11. The highest BCUT2D eigenvalue weighted by Crippen LogP contribution is 2.13. The van der Waals surface area contributed by atoms with E-state index >= 15 is 0 Å². The minimum Gasteiger partial charge on any atom is -0.379 e. The third-order valence-corrected chi connectivity index (χ3v) is 4.74. The van der Waals surface area contributed by atoms with Crippen LogP contribution in [0.15, 0.2) is 0 Å². The standard InChI is InChI=1S/C7H14N2O.C7H14N2/c1-3-10-4-2-9(1)7-5-8-6-7;1-2-4-9(3-1)7-5-8-6-7/h7-8H,1-6H2;7-8H,1-6H2. The Kier molecular flexibility index (Phi) is 5.07. The second-order valence-corrected chi connectivity index (χ2v) is 6.02. The molecular formula is C14H28N4O. The number of ether oxygens (including phenoxy) is 1. The van der Waals surface area contributed by atoms with E-state index in [2.05, 4.69) is 20.4 Å². The Morgan fingerprint density at radius 2 is 1.16 bits per heavy atom. The van der Waals surface area contributed by atoms with E-state index < -0.39 is 0 Å². The quantitative estimate of drug-likeness (QED) is 0.696. The van der Waals surface area contributed by atoms with Crippen LogP contribution in [0.5, 0.6) is 0 Å². The normalized spacial score (nSPS) is 30.3. The molecule has 4 fully saturated rings. The molecule has 0 amide bonds. The summed E-state index contributed by atoms with van der Waals surface area (Å²) in [6, 6.07) is 1.70. The molecule has 5 nitrogen and oxygen atoms in total. The second kappa shape index (κ2) is 6.99. The number of rotatable bonds is 2. The van der Waals surface area contributed by atoms with Gasteiger partial charge >= 0.3 is 0 Å². The van der Waals surface area contributed by atoms with Crippen LogP contribution < -0.4 is 10.6 Å². The largest absolute Gasteiger partial charge is 0.379 e. The van der Waals surface area contributed by atoms with Crippen molar-refractivity contribution in [3.8, 4) is 0 Å². The molecule has 4 aliphatic heterocycles. The van der Waals surface area contributed by atoms with Crippen LogP contribution in [-0.4, -0.2) is 87.5 Å². The van der Waals surface area contributed by atoms with Gasteiger partial charge in [0.1, 0.15) is 0 Å². The molecule has 0 aromatic heterocycles. The first-order valence-electron chi connectivity index (χ1n) is 7.91. The molecule has 0 radical (unpaired) electrons. The summed E-state index contributed by atoms with van der Waals surface area (Å²) in [6.45, 7) is 11.7. The number of likely N-dealkylation sites (tertiary alicyclic amines) is 1. The number of hydrogen-bond donors (Lipinski definition) is 2. The van der Waals surface area contributed by atoms with Crippen LogP contribution in [0.4, 0.5) is 0 Å². The van der Waals surface area contributed by atoms with Gasteiger partial charge in [0.05, 0.1) is 13.2 Å². The van der Waals surface area contributed by atoms with Crippen molar-refractivity contribution in [2.24, 2.45) is 0 Å². The zero-order chi connectivity index (χ0) is 12.9. The summed E-state index contributed by atoms with van der Waals surface area (Å²) < 4.78 is 5.26. The van der Waals surface area contributed by atoms with Gasteiger partial charge in [0.2, 0.25) is 0 Å². The molecule has 4 rings (SSSR count). The van der Waals surface area contributed by atoms with E-state index in [1.807, 2.05) is 0 Å². The summed E-state index contributed by atoms with van der Waals surface area (Å²) >= 11 is 0. The third kappa shape index (κ3) is 3.67. The van der Waals surface area contributed by atoms with Gasteiger partial charge in [-0.05, 0) is 25.9 Å². The van der Waals surface area contributed by atoms with Crippen LogP contribution in [0.1, 0.15) is 12.8 Å². The predicted octanol–water partition coefficient (Wildman–Crippen LogP) is -0.656. The molecule has 0 bridgehead atoms. The van der Waals surface area contributed by atoms with Gasteiger partial charge in [0.25, 0.3) is 0 Å². The molecule has 4 saturated heterocycles. The lowest BCUT2D eigenvalue weighted by atomic mass is 10.1. The zero-order valence-electron chi connectivity index (χ0n) is 11.9. The molecule has 0 unspecified atom stereocenters. The molecule has 4 heterocycles. The van der Waals surface area contributed by atoms with Crippen LogP contribution in [-0.2, 0) is 4.74 Å². The van der Waals surface area contributed by atoms with Crippen molar-refractivity contribution in [3.63, 3.8) is 0 Å². The van der Waals surface area contributed by atoms with Gasteiger partial charge in [-0.1, -0.05) is 0 Å². The van der Waals surface area contributed by atoms with Crippen LogP contribution in [0.25, 0.3) is 0 Å². The molecule has 0 aromatic carbocycles. The van der Waals surface area contributed by atoms with Crippen molar-refractivity contribution in [1.82, 2.24) is 20.4 Å². The summed E-state index contributed by atoms with van der Waals surface area (Å²) in [6.07, 6.45) is 2.85. The molecule has 0 aliphatic carbocycles. The highest BCUT2D eigenvalue weighted by molar-refractivity contribution is 4.86. The molecule has 2 N–H and O–H groups in total. The molecule has 0 spiro atoms. The van der Waals surface area contributed by atoms with Gasteiger partial charge in [0, 0.05) is 51.4 Å². The Labute approximate surface area is 116 Å². The first kappa shape index (κ1) is 13.8. The monoisotopic (exact) mass is 268 g/mol. The highest BCUT2D eigenvalue weighted by atomic mass is 16.5. The molecule has 19 heavy (non-hydrogen) atoms. The van der Waals surface area contributed by atoms with E-state index in [0.29, 0.717) is 0 Å². The Hall–Kier alpha value is -0.200. The van der Waals surface area contributed by atoms with E-state index in [-0.39, 0.29) is 0 Å². The first-order valence-corrected chi connectivity index (χ1v) is 7.91. The maximum atomic E-state index is 5.26. The van der Waals surface area contributed by atoms with Crippen molar-refractivity contribution < 1.29 is 4.74 Å². The summed E-state index contributed by atoms with van der Waals surface area (Å²) in [5.74, 6) is 0. The number of hydrogen-bond acceptors (Lipinski definition) is 5. The van der Waals surface area contributed by atoms with Crippen LogP contribution >= 0.6 is 0 Å². The fourth-order valence-corrected chi connectivity index (χ4v) is 3.11. The topological polar surface area (TPSA) is 39.8 Å². The summed E-state index contributed by atoms with van der Waals surface area (Å²) in [5.41, 5.74) is 0. The molecule has 0 aromatic rings. The lowest BCUT2D eigenvalue weighted by Crippen LogP contribution is -2.59. The Morgan fingerprint density at radius 1 is 0.684 bits per heavy atom. The molecular weight excluding hydrogens is 240 g/mol. The number of nitrogens with zero attached hydrogens (tertiary/aromatic N) is 2. The summed E-state index contributed by atoms with van der Waals surface area (Å²) in [7, 11) is 0. The van der Waals surface area contributed by atoms with Gasteiger partial charge < -0.3 is 15.4 Å². The van der Waals surface area contributed by atoms with Crippen LogP contribution in [0, 0.1) is 0 Å².